The summed E-state index contributed by atoms with van der Waals surface area (Å²) in [5.74, 6) is 0.700. The number of aliphatic hydroxyl groups excluding tert-OH is 1. The Kier molecular flexibility index (Phi) is 2.72. The summed E-state index contributed by atoms with van der Waals surface area (Å²) < 4.78 is 16.5. The first kappa shape index (κ1) is 11.2. The first-order chi connectivity index (χ1) is 8.86. The van der Waals surface area contributed by atoms with Gasteiger partial charge in [-0.25, -0.2) is 0 Å². The van der Waals surface area contributed by atoms with Crippen LogP contribution >= 0.6 is 0 Å². The molecule has 2 aromatic heterocycles. The van der Waals surface area contributed by atoms with Crippen molar-refractivity contribution in [1.82, 2.24) is 0 Å². The Morgan fingerprint density at radius 2 is 1.83 bits per heavy atom. The zero-order valence-corrected chi connectivity index (χ0v) is 10.1. The van der Waals surface area contributed by atoms with E-state index in [4.69, 9.17) is 18.7 Å². The second-order valence-corrected chi connectivity index (χ2v) is 4.17. The number of ether oxygens (including phenoxy) is 1. The van der Waals surface area contributed by atoms with Crippen molar-refractivity contribution >= 4 is 21.9 Å². The van der Waals surface area contributed by atoms with Gasteiger partial charge in [0.05, 0.1) is 25.0 Å². The van der Waals surface area contributed by atoms with E-state index in [1.807, 2.05) is 12.1 Å². The van der Waals surface area contributed by atoms with Crippen LogP contribution in [0.4, 0.5) is 0 Å². The Morgan fingerprint density at radius 3 is 2.56 bits per heavy atom. The minimum absolute atomic E-state index is 0.160. The molecule has 0 aliphatic rings. The number of benzene rings is 1. The van der Waals surface area contributed by atoms with Crippen molar-refractivity contribution < 1.29 is 18.7 Å². The van der Waals surface area contributed by atoms with Gasteiger partial charge in [-0.1, -0.05) is 0 Å². The summed E-state index contributed by atoms with van der Waals surface area (Å²) in [6.07, 6.45) is 4.74. The fourth-order valence-corrected chi connectivity index (χ4v) is 2.40. The summed E-state index contributed by atoms with van der Waals surface area (Å²) in [5.41, 5.74) is 2.61. The van der Waals surface area contributed by atoms with Crippen LogP contribution in [0.25, 0.3) is 21.9 Å². The van der Waals surface area contributed by atoms with Gasteiger partial charge in [-0.2, -0.15) is 0 Å². The molecule has 2 heterocycles. The van der Waals surface area contributed by atoms with E-state index in [1.165, 1.54) is 0 Å². The number of hydrogen-bond acceptors (Lipinski definition) is 4. The van der Waals surface area contributed by atoms with Crippen molar-refractivity contribution in [3.63, 3.8) is 0 Å². The molecule has 0 radical (unpaired) electrons. The number of aryl methyl sites for hydroxylation is 1. The zero-order chi connectivity index (χ0) is 12.5. The molecule has 0 aliphatic carbocycles. The molecule has 0 aliphatic heterocycles. The van der Waals surface area contributed by atoms with Crippen LogP contribution in [0.5, 0.6) is 5.75 Å². The molecule has 0 spiro atoms. The van der Waals surface area contributed by atoms with Crippen LogP contribution in [0.3, 0.4) is 0 Å². The lowest BCUT2D eigenvalue weighted by Gasteiger charge is -2.07. The van der Waals surface area contributed by atoms with Crippen molar-refractivity contribution in [2.45, 2.75) is 12.8 Å². The van der Waals surface area contributed by atoms with E-state index in [0.29, 0.717) is 12.2 Å². The van der Waals surface area contributed by atoms with E-state index < -0.39 is 0 Å². The molecule has 0 unspecified atom stereocenters. The van der Waals surface area contributed by atoms with Gasteiger partial charge in [0.25, 0.3) is 0 Å². The SMILES string of the molecule is COc1c2ccoc2c(CCCO)c2ccoc12. The zero-order valence-electron chi connectivity index (χ0n) is 10.1. The van der Waals surface area contributed by atoms with Crippen LogP contribution in [-0.2, 0) is 6.42 Å². The van der Waals surface area contributed by atoms with Crippen LogP contribution in [-0.4, -0.2) is 18.8 Å². The predicted octanol–water partition coefficient (Wildman–Crippen LogP) is 3.11. The van der Waals surface area contributed by atoms with Gasteiger partial charge in [0.15, 0.2) is 11.3 Å². The quantitative estimate of drug-likeness (QED) is 0.768. The topological polar surface area (TPSA) is 55.7 Å². The van der Waals surface area contributed by atoms with Crippen molar-refractivity contribution in [2.75, 3.05) is 13.7 Å². The maximum Gasteiger partial charge on any atom is 0.176 e. The predicted molar refractivity (Wildman–Crippen MR) is 67.9 cm³/mol. The summed E-state index contributed by atoms with van der Waals surface area (Å²) in [7, 11) is 1.62. The van der Waals surface area contributed by atoms with E-state index in [0.717, 1.165) is 33.9 Å². The minimum Gasteiger partial charge on any atom is -0.492 e. The highest BCUT2D eigenvalue weighted by molar-refractivity contribution is 6.04. The number of aliphatic hydroxyl groups is 1. The Balaban J connectivity index is 2.35. The average molecular weight is 246 g/mol. The highest BCUT2D eigenvalue weighted by Gasteiger charge is 2.18. The fraction of sp³-hybridized carbons (Fsp3) is 0.286. The van der Waals surface area contributed by atoms with E-state index in [-0.39, 0.29) is 6.61 Å². The molecule has 1 aromatic carbocycles. The lowest BCUT2D eigenvalue weighted by Crippen LogP contribution is -1.93. The first-order valence-electron chi connectivity index (χ1n) is 5.91. The third-order valence-corrected chi connectivity index (χ3v) is 3.17. The number of rotatable bonds is 4. The Bertz CT molecular complexity index is 626. The van der Waals surface area contributed by atoms with E-state index in [9.17, 15) is 0 Å². The molecule has 4 nitrogen and oxygen atoms in total. The van der Waals surface area contributed by atoms with E-state index >= 15 is 0 Å². The van der Waals surface area contributed by atoms with Gasteiger partial charge < -0.3 is 18.7 Å². The summed E-state index contributed by atoms with van der Waals surface area (Å²) in [4.78, 5) is 0. The molecular weight excluding hydrogens is 232 g/mol. The van der Waals surface area contributed by atoms with Gasteiger partial charge in [-0.15, -0.1) is 0 Å². The molecule has 1 N–H and O–H groups in total. The molecular formula is C14H14O4. The van der Waals surface area contributed by atoms with E-state index in [2.05, 4.69) is 0 Å². The van der Waals surface area contributed by atoms with Gasteiger partial charge in [-0.05, 0) is 25.0 Å². The molecule has 3 rings (SSSR count). The molecule has 3 aromatic rings. The van der Waals surface area contributed by atoms with Crippen molar-refractivity contribution in [3.8, 4) is 5.75 Å². The first-order valence-corrected chi connectivity index (χ1v) is 5.91. The standard InChI is InChI=1S/C14H14O4/c1-16-13-11-5-8-17-12(11)9(3-2-6-15)10-4-7-18-14(10)13/h4-5,7-8,15H,2-3,6H2,1H3. The van der Waals surface area contributed by atoms with Crippen LogP contribution in [0, 0.1) is 0 Å². The minimum atomic E-state index is 0.160. The molecule has 0 fully saturated rings. The molecule has 4 heteroatoms. The highest BCUT2D eigenvalue weighted by Crippen LogP contribution is 2.39. The molecule has 18 heavy (non-hydrogen) atoms. The lowest BCUT2D eigenvalue weighted by molar-refractivity contribution is 0.288. The van der Waals surface area contributed by atoms with Crippen LogP contribution in [0.15, 0.2) is 33.5 Å². The van der Waals surface area contributed by atoms with Gasteiger partial charge in [0.2, 0.25) is 0 Å². The number of fused-ring (bicyclic) bond motifs is 2. The van der Waals surface area contributed by atoms with Crippen molar-refractivity contribution in [1.29, 1.82) is 0 Å². The number of methoxy groups -OCH3 is 1. The molecule has 0 saturated carbocycles. The second kappa shape index (κ2) is 4.38. The van der Waals surface area contributed by atoms with Gasteiger partial charge in [-0.3, -0.25) is 0 Å². The maximum atomic E-state index is 8.99. The van der Waals surface area contributed by atoms with Crippen LogP contribution in [0.1, 0.15) is 12.0 Å². The molecule has 94 valence electrons. The summed E-state index contributed by atoms with van der Waals surface area (Å²) in [6, 6.07) is 3.78. The smallest absolute Gasteiger partial charge is 0.176 e. The maximum absolute atomic E-state index is 8.99. The molecule has 0 bridgehead atoms. The third kappa shape index (κ3) is 1.49. The van der Waals surface area contributed by atoms with Crippen molar-refractivity contribution in [3.05, 3.63) is 30.2 Å². The summed E-state index contributed by atoms with van der Waals surface area (Å²) >= 11 is 0. The third-order valence-electron chi connectivity index (χ3n) is 3.17. The summed E-state index contributed by atoms with van der Waals surface area (Å²) in [6.45, 7) is 0.160. The van der Waals surface area contributed by atoms with E-state index in [1.54, 1.807) is 19.6 Å². The van der Waals surface area contributed by atoms with Crippen LogP contribution in [0.2, 0.25) is 0 Å². The number of furan rings is 2. The Labute approximate surface area is 104 Å². The second-order valence-electron chi connectivity index (χ2n) is 4.17. The largest absolute Gasteiger partial charge is 0.492 e. The lowest BCUT2D eigenvalue weighted by atomic mass is 10.0. The number of hydrogen-bond donors (Lipinski definition) is 1. The molecule has 0 amide bonds. The molecule has 0 atom stereocenters. The fourth-order valence-electron chi connectivity index (χ4n) is 2.40. The van der Waals surface area contributed by atoms with Gasteiger partial charge in [0.1, 0.15) is 5.58 Å². The molecule has 0 saturated heterocycles. The summed E-state index contributed by atoms with van der Waals surface area (Å²) in [5, 5.41) is 10.9. The normalized spacial score (nSPS) is 11.4. The van der Waals surface area contributed by atoms with Gasteiger partial charge in [0, 0.05) is 17.6 Å². The van der Waals surface area contributed by atoms with Crippen LogP contribution < -0.4 is 4.74 Å². The Hall–Kier alpha value is -1.94. The monoisotopic (exact) mass is 246 g/mol. The van der Waals surface area contributed by atoms with Crippen molar-refractivity contribution in [2.24, 2.45) is 0 Å². The average Bonchev–Trinajstić information content (AvgIpc) is 3.02. The Morgan fingerprint density at radius 1 is 1.11 bits per heavy atom. The van der Waals surface area contributed by atoms with Gasteiger partial charge >= 0.3 is 0 Å². The highest BCUT2D eigenvalue weighted by atomic mass is 16.5.